The molecule has 1 aromatic heterocycles. The number of methoxy groups -OCH3 is 2. The lowest BCUT2D eigenvalue weighted by Crippen LogP contribution is -1.97. The zero-order valence-electron chi connectivity index (χ0n) is 7.57. The Balaban J connectivity index is 3.19. The van der Waals surface area contributed by atoms with Crippen LogP contribution in [0.25, 0.3) is 0 Å². The molecule has 1 rings (SSSR count). The highest BCUT2D eigenvalue weighted by Gasteiger charge is 2.09. The van der Waals surface area contributed by atoms with Crippen molar-refractivity contribution in [2.45, 2.75) is 0 Å². The zero-order chi connectivity index (χ0) is 10.4. The molecule has 6 heteroatoms. The Labute approximate surface area is 98.4 Å². The van der Waals surface area contributed by atoms with Gasteiger partial charge in [0.25, 0.3) is 0 Å². The van der Waals surface area contributed by atoms with Crippen LogP contribution in [-0.2, 0) is 0 Å². The molecule has 0 aliphatic heterocycles. The van der Waals surface area contributed by atoms with Crippen molar-refractivity contribution in [2.24, 2.45) is 0 Å². The maximum atomic E-state index is 5.04. The first kappa shape index (κ1) is 11.4. The quantitative estimate of drug-likeness (QED) is 0.615. The molecular formula is C8H7IN2O2S. The first-order chi connectivity index (χ1) is 6.83. The van der Waals surface area contributed by atoms with Crippen LogP contribution in [0.1, 0.15) is 5.56 Å². The Morgan fingerprint density at radius 1 is 1.29 bits per heavy atom. The van der Waals surface area contributed by atoms with E-state index in [9.17, 15) is 0 Å². The molecule has 74 valence electrons. The predicted octanol–water partition coefficient (Wildman–Crippen LogP) is 1.89. The monoisotopic (exact) mass is 322 g/mol. The summed E-state index contributed by atoms with van der Waals surface area (Å²) in [4.78, 5) is 7.86. The highest BCUT2D eigenvalue weighted by Crippen LogP contribution is 2.22. The molecule has 4 nitrogen and oxygen atoms in total. The Morgan fingerprint density at radius 2 is 1.86 bits per heavy atom. The van der Waals surface area contributed by atoms with Gasteiger partial charge in [0.2, 0.25) is 11.8 Å². The van der Waals surface area contributed by atoms with Crippen molar-refractivity contribution in [2.75, 3.05) is 14.2 Å². The molecule has 0 saturated carbocycles. The third-order valence-corrected chi connectivity index (χ3v) is 2.22. The van der Waals surface area contributed by atoms with Crippen LogP contribution in [0.15, 0.2) is 6.33 Å². The summed E-state index contributed by atoms with van der Waals surface area (Å²) in [6.45, 7) is 0. The molecule has 0 N–H and O–H groups in total. The lowest BCUT2D eigenvalue weighted by atomic mass is 10.3. The van der Waals surface area contributed by atoms with Crippen molar-refractivity contribution in [1.29, 1.82) is 0 Å². The summed E-state index contributed by atoms with van der Waals surface area (Å²) in [7, 11) is 4.44. The van der Waals surface area contributed by atoms with Gasteiger partial charge in [0.05, 0.1) is 14.2 Å². The summed E-state index contributed by atoms with van der Waals surface area (Å²) < 4.78 is 10.1. The Bertz CT molecular complexity index is 353. The number of halogens is 1. The fourth-order valence-corrected chi connectivity index (χ4v) is 1.31. The SMILES string of the molecule is COc1ncnc(OC)c1C#CSI. The van der Waals surface area contributed by atoms with Crippen LogP contribution in [0, 0.1) is 11.2 Å². The van der Waals surface area contributed by atoms with E-state index < -0.39 is 0 Å². The van der Waals surface area contributed by atoms with Crippen LogP contribution < -0.4 is 9.47 Å². The fourth-order valence-electron chi connectivity index (χ4n) is 0.841. The first-order valence-corrected chi connectivity index (χ1v) is 6.91. The fraction of sp³-hybridized carbons (Fsp3) is 0.250. The second-order valence-electron chi connectivity index (χ2n) is 2.07. The third-order valence-electron chi connectivity index (χ3n) is 1.38. The highest BCUT2D eigenvalue weighted by molar-refractivity contribution is 14.2. The van der Waals surface area contributed by atoms with Gasteiger partial charge in [-0.2, -0.15) is 0 Å². The Hall–Kier alpha value is -0.680. The summed E-state index contributed by atoms with van der Waals surface area (Å²) in [5.74, 6) is 3.72. The average molecular weight is 322 g/mol. The number of aromatic nitrogens is 2. The summed E-state index contributed by atoms with van der Waals surface area (Å²) in [6, 6.07) is 0. The summed E-state index contributed by atoms with van der Waals surface area (Å²) in [5, 5.41) is 2.83. The molecule has 1 heterocycles. The van der Waals surface area contributed by atoms with Gasteiger partial charge >= 0.3 is 0 Å². The molecule has 0 radical (unpaired) electrons. The van der Waals surface area contributed by atoms with Gasteiger partial charge in [0.15, 0.2) is 0 Å². The highest BCUT2D eigenvalue weighted by atomic mass is 127. The normalized spacial score (nSPS) is 8.79. The average Bonchev–Trinajstić information content (AvgIpc) is 2.25. The molecule has 14 heavy (non-hydrogen) atoms. The molecule has 0 unspecified atom stereocenters. The molecule has 0 amide bonds. The van der Waals surface area contributed by atoms with Gasteiger partial charge in [-0.25, -0.2) is 9.97 Å². The van der Waals surface area contributed by atoms with Crippen LogP contribution >= 0.6 is 30.1 Å². The second-order valence-corrected chi connectivity index (χ2v) is 3.75. The van der Waals surface area contributed by atoms with E-state index in [1.165, 1.54) is 29.5 Å². The van der Waals surface area contributed by atoms with Crippen LogP contribution in [0.4, 0.5) is 0 Å². The van der Waals surface area contributed by atoms with Gasteiger partial charge in [-0.15, -0.1) is 0 Å². The van der Waals surface area contributed by atoms with Crippen molar-refractivity contribution in [3.8, 4) is 22.9 Å². The van der Waals surface area contributed by atoms with E-state index in [1.807, 2.05) is 0 Å². The molecule has 0 atom stereocenters. The second kappa shape index (κ2) is 5.93. The number of nitrogens with zero attached hydrogens (tertiary/aromatic N) is 2. The molecule has 0 aromatic carbocycles. The molecule has 0 saturated heterocycles. The molecule has 0 bridgehead atoms. The van der Waals surface area contributed by atoms with E-state index in [-0.39, 0.29) is 0 Å². The molecule has 0 aliphatic carbocycles. The van der Waals surface area contributed by atoms with Crippen LogP contribution in [0.2, 0.25) is 0 Å². The maximum absolute atomic E-state index is 5.04. The minimum Gasteiger partial charge on any atom is -0.480 e. The lowest BCUT2D eigenvalue weighted by Gasteiger charge is -2.04. The van der Waals surface area contributed by atoms with Crippen LogP contribution in [0.3, 0.4) is 0 Å². The number of rotatable bonds is 2. The van der Waals surface area contributed by atoms with E-state index in [0.29, 0.717) is 17.3 Å². The van der Waals surface area contributed by atoms with Crippen molar-refractivity contribution in [1.82, 2.24) is 9.97 Å². The number of hydrogen-bond acceptors (Lipinski definition) is 5. The largest absolute Gasteiger partial charge is 0.480 e. The van der Waals surface area contributed by atoms with E-state index >= 15 is 0 Å². The van der Waals surface area contributed by atoms with E-state index in [0.717, 1.165) is 0 Å². The van der Waals surface area contributed by atoms with Crippen LogP contribution in [-0.4, -0.2) is 24.2 Å². The summed E-state index contributed by atoms with van der Waals surface area (Å²) in [6.07, 6.45) is 1.38. The molecule has 0 spiro atoms. The summed E-state index contributed by atoms with van der Waals surface area (Å²) in [5.41, 5.74) is 0.571. The van der Waals surface area contributed by atoms with E-state index in [1.54, 1.807) is 0 Å². The predicted molar refractivity (Wildman–Crippen MR) is 63.6 cm³/mol. The number of ether oxygens (including phenoxy) is 2. The molecular weight excluding hydrogens is 315 g/mol. The number of hydrogen-bond donors (Lipinski definition) is 0. The van der Waals surface area contributed by atoms with Gasteiger partial charge in [-0.3, -0.25) is 0 Å². The summed E-state index contributed by atoms with van der Waals surface area (Å²) >= 11 is 2.08. The first-order valence-electron chi connectivity index (χ1n) is 3.55. The Kier molecular flexibility index (Phi) is 4.82. The smallest absolute Gasteiger partial charge is 0.236 e. The van der Waals surface area contributed by atoms with Crippen molar-refractivity contribution < 1.29 is 9.47 Å². The minimum absolute atomic E-state index is 0.426. The van der Waals surface area contributed by atoms with Crippen LogP contribution in [0.5, 0.6) is 11.8 Å². The Morgan fingerprint density at radius 3 is 2.29 bits per heavy atom. The van der Waals surface area contributed by atoms with Gasteiger partial charge in [0.1, 0.15) is 11.9 Å². The molecule has 1 aromatic rings. The van der Waals surface area contributed by atoms with Gasteiger partial charge in [-0.1, -0.05) is 0 Å². The van der Waals surface area contributed by atoms with Gasteiger partial charge < -0.3 is 9.47 Å². The minimum atomic E-state index is 0.426. The zero-order valence-corrected chi connectivity index (χ0v) is 10.5. The van der Waals surface area contributed by atoms with Crippen molar-refractivity contribution in [3.63, 3.8) is 0 Å². The van der Waals surface area contributed by atoms with Crippen molar-refractivity contribution >= 4 is 30.1 Å². The van der Waals surface area contributed by atoms with E-state index in [4.69, 9.17) is 9.47 Å². The van der Waals surface area contributed by atoms with Gasteiger partial charge in [0, 0.05) is 21.2 Å². The maximum Gasteiger partial charge on any atom is 0.236 e. The van der Waals surface area contributed by atoms with E-state index in [2.05, 4.69) is 42.3 Å². The van der Waals surface area contributed by atoms with Crippen molar-refractivity contribution in [3.05, 3.63) is 11.9 Å². The molecule has 0 fully saturated rings. The lowest BCUT2D eigenvalue weighted by molar-refractivity contribution is 0.369. The topological polar surface area (TPSA) is 44.2 Å². The standard InChI is InChI=1S/C8H7IN2O2S/c1-12-7-6(3-4-14-9)8(13-2)11-5-10-7/h5H,1-2H3. The third kappa shape index (κ3) is 2.65. The molecule has 0 aliphatic rings. The van der Waals surface area contributed by atoms with Gasteiger partial charge in [-0.05, 0) is 20.1 Å².